The van der Waals surface area contributed by atoms with Crippen LogP contribution in [0.2, 0.25) is 0 Å². The Bertz CT molecular complexity index is 467. The summed E-state index contributed by atoms with van der Waals surface area (Å²) in [6.07, 6.45) is 3.08. The van der Waals surface area contributed by atoms with Gasteiger partial charge in [-0.1, -0.05) is 6.07 Å². The van der Waals surface area contributed by atoms with Crippen molar-refractivity contribution in [2.75, 3.05) is 13.1 Å². The summed E-state index contributed by atoms with van der Waals surface area (Å²) in [4.78, 5) is 12.8. The van der Waals surface area contributed by atoms with Gasteiger partial charge in [0.05, 0.1) is 0 Å². The van der Waals surface area contributed by atoms with Crippen molar-refractivity contribution in [3.63, 3.8) is 0 Å². The van der Waals surface area contributed by atoms with Crippen LogP contribution in [0.15, 0.2) is 18.2 Å². The van der Waals surface area contributed by atoms with E-state index in [1.807, 2.05) is 6.07 Å². The molecular formula is C15H21NO4. The van der Waals surface area contributed by atoms with Crippen LogP contribution in [0.25, 0.3) is 0 Å². The molecule has 5 heteroatoms. The van der Waals surface area contributed by atoms with Crippen molar-refractivity contribution in [2.45, 2.75) is 32.2 Å². The number of phenols is 2. The average molecular weight is 279 g/mol. The van der Waals surface area contributed by atoms with E-state index in [1.165, 1.54) is 6.07 Å². The number of benzene rings is 1. The first-order valence-electron chi connectivity index (χ1n) is 6.99. The molecule has 1 aromatic rings. The highest BCUT2D eigenvalue weighted by molar-refractivity contribution is 5.66. The van der Waals surface area contributed by atoms with Crippen LogP contribution < -0.4 is 0 Å². The number of carbonyl (C=O) groups is 1. The van der Waals surface area contributed by atoms with E-state index in [4.69, 9.17) is 5.11 Å². The van der Waals surface area contributed by atoms with Gasteiger partial charge in [0.2, 0.25) is 0 Å². The number of rotatable bonds is 5. The molecule has 2 rings (SSSR count). The van der Waals surface area contributed by atoms with Crippen LogP contribution in [0.4, 0.5) is 0 Å². The number of likely N-dealkylation sites (tertiary alicyclic amines) is 1. The first-order chi connectivity index (χ1) is 9.54. The second-order valence-electron chi connectivity index (χ2n) is 5.48. The van der Waals surface area contributed by atoms with Gasteiger partial charge in [-0.2, -0.15) is 0 Å². The Kier molecular flexibility index (Phi) is 4.84. The highest BCUT2D eigenvalue weighted by Gasteiger charge is 2.20. The molecule has 1 saturated heterocycles. The first-order valence-corrected chi connectivity index (χ1v) is 6.99. The third kappa shape index (κ3) is 4.13. The van der Waals surface area contributed by atoms with Gasteiger partial charge in [0.15, 0.2) is 11.5 Å². The van der Waals surface area contributed by atoms with Crippen molar-refractivity contribution < 1.29 is 20.1 Å². The number of aliphatic carboxylic acids is 1. The fourth-order valence-corrected chi connectivity index (χ4v) is 2.69. The SMILES string of the molecule is O=C(O)CCC1CCN(Cc2ccc(O)c(O)c2)CC1. The smallest absolute Gasteiger partial charge is 0.303 e. The van der Waals surface area contributed by atoms with Gasteiger partial charge in [0, 0.05) is 13.0 Å². The Morgan fingerprint density at radius 1 is 1.20 bits per heavy atom. The van der Waals surface area contributed by atoms with Crippen LogP contribution in [0.3, 0.4) is 0 Å². The van der Waals surface area contributed by atoms with Gasteiger partial charge in [-0.05, 0) is 56.0 Å². The summed E-state index contributed by atoms with van der Waals surface area (Å²) in [5.74, 6) is -0.387. The third-order valence-corrected chi connectivity index (χ3v) is 3.92. The van der Waals surface area contributed by atoms with Crippen molar-refractivity contribution in [1.82, 2.24) is 4.90 Å². The summed E-state index contributed by atoms with van der Waals surface area (Å²) in [5.41, 5.74) is 0.976. The molecule has 5 nitrogen and oxygen atoms in total. The van der Waals surface area contributed by atoms with Crippen LogP contribution in [0.1, 0.15) is 31.2 Å². The number of hydrogen-bond acceptors (Lipinski definition) is 4. The second-order valence-corrected chi connectivity index (χ2v) is 5.48. The zero-order valence-electron chi connectivity index (χ0n) is 11.5. The summed E-state index contributed by atoms with van der Waals surface area (Å²) in [6, 6.07) is 4.90. The molecule has 0 saturated carbocycles. The molecule has 3 N–H and O–H groups in total. The van der Waals surface area contributed by atoms with E-state index in [0.29, 0.717) is 5.92 Å². The minimum atomic E-state index is -0.716. The van der Waals surface area contributed by atoms with Crippen LogP contribution in [0.5, 0.6) is 11.5 Å². The first kappa shape index (κ1) is 14.7. The Morgan fingerprint density at radius 2 is 1.90 bits per heavy atom. The number of nitrogens with zero attached hydrogens (tertiary/aromatic N) is 1. The van der Waals surface area contributed by atoms with Crippen molar-refractivity contribution in [3.05, 3.63) is 23.8 Å². The van der Waals surface area contributed by atoms with Crippen LogP contribution in [0, 0.1) is 5.92 Å². The van der Waals surface area contributed by atoms with Crippen molar-refractivity contribution in [2.24, 2.45) is 5.92 Å². The molecule has 0 spiro atoms. The lowest BCUT2D eigenvalue weighted by molar-refractivity contribution is -0.137. The molecule has 0 aromatic heterocycles. The Labute approximate surface area is 118 Å². The highest BCUT2D eigenvalue weighted by Crippen LogP contribution is 2.27. The van der Waals surface area contributed by atoms with Gasteiger partial charge in [-0.15, -0.1) is 0 Å². The molecule has 1 aliphatic rings. The molecule has 1 heterocycles. The van der Waals surface area contributed by atoms with E-state index in [-0.39, 0.29) is 17.9 Å². The van der Waals surface area contributed by atoms with Gasteiger partial charge < -0.3 is 15.3 Å². The number of phenolic OH excluding ortho intramolecular Hbond substituents is 2. The molecule has 1 aliphatic heterocycles. The largest absolute Gasteiger partial charge is 0.504 e. The zero-order valence-corrected chi connectivity index (χ0v) is 11.5. The zero-order chi connectivity index (χ0) is 14.5. The molecule has 1 aromatic carbocycles. The summed E-state index contributed by atoms with van der Waals surface area (Å²) in [7, 11) is 0. The van der Waals surface area contributed by atoms with E-state index in [1.54, 1.807) is 6.07 Å². The second kappa shape index (κ2) is 6.61. The number of aromatic hydroxyl groups is 2. The van der Waals surface area contributed by atoms with Crippen molar-refractivity contribution in [3.8, 4) is 11.5 Å². The Hall–Kier alpha value is -1.75. The maximum atomic E-state index is 10.6. The maximum absolute atomic E-state index is 10.6. The predicted molar refractivity (Wildman–Crippen MR) is 74.6 cm³/mol. The van der Waals surface area contributed by atoms with Gasteiger partial charge in [-0.25, -0.2) is 0 Å². The fourth-order valence-electron chi connectivity index (χ4n) is 2.69. The van der Waals surface area contributed by atoms with Gasteiger partial charge in [-0.3, -0.25) is 9.69 Å². The average Bonchev–Trinajstić information content (AvgIpc) is 2.42. The summed E-state index contributed by atoms with van der Waals surface area (Å²) in [6.45, 7) is 2.65. The molecule has 0 radical (unpaired) electrons. The lowest BCUT2D eigenvalue weighted by Crippen LogP contribution is -2.33. The highest BCUT2D eigenvalue weighted by atomic mass is 16.4. The quantitative estimate of drug-likeness (QED) is 0.720. The maximum Gasteiger partial charge on any atom is 0.303 e. The molecular weight excluding hydrogens is 258 g/mol. The monoisotopic (exact) mass is 279 g/mol. The van der Waals surface area contributed by atoms with Crippen LogP contribution in [-0.2, 0) is 11.3 Å². The van der Waals surface area contributed by atoms with Crippen LogP contribution >= 0.6 is 0 Å². The topological polar surface area (TPSA) is 81.0 Å². The molecule has 0 atom stereocenters. The van der Waals surface area contributed by atoms with E-state index < -0.39 is 5.97 Å². The van der Waals surface area contributed by atoms with Gasteiger partial charge >= 0.3 is 5.97 Å². The van der Waals surface area contributed by atoms with Crippen molar-refractivity contribution >= 4 is 5.97 Å². The van der Waals surface area contributed by atoms with Crippen LogP contribution in [-0.4, -0.2) is 39.3 Å². The summed E-state index contributed by atoms with van der Waals surface area (Å²) >= 11 is 0. The van der Waals surface area contributed by atoms with E-state index in [9.17, 15) is 15.0 Å². The fraction of sp³-hybridized carbons (Fsp3) is 0.533. The number of carboxylic acid groups (broad SMARTS) is 1. The lowest BCUT2D eigenvalue weighted by Gasteiger charge is -2.31. The lowest BCUT2D eigenvalue weighted by atomic mass is 9.92. The van der Waals surface area contributed by atoms with Crippen molar-refractivity contribution in [1.29, 1.82) is 0 Å². The molecule has 0 aliphatic carbocycles. The normalized spacial score (nSPS) is 17.2. The molecule has 20 heavy (non-hydrogen) atoms. The Morgan fingerprint density at radius 3 is 2.50 bits per heavy atom. The minimum absolute atomic E-state index is 0.0844. The number of piperidine rings is 1. The van der Waals surface area contributed by atoms with Gasteiger partial charge in [0.1, 0.15) is 0 Å². The summed E-state index contributed by atoms with van der Waals surface area (Å²) < 4.78 is 0. The molecule has 0 unspecified atom stereocenters. The predicted octanol–water partition coefficient (Wildman–Crippen LogP) is 2.17. The molecule has 0 bridgehead atoms. The number of carboxylic acids is 1. The number of hydrogen-bond donors (Lipinski definition) is 3. The third-order valence-electron chi connectivity index (χ3n) is 3.92. The van der Waals surface area contributed by atoms with E-state index in [2.05, 4.69) is 4.90 Å². The van der Waals surface area contributed by atoms with E-state index >= 15 is 0 Å². The minimum Gasteiger partial charge on any atom is -0.504 e. The molecule has 1 fully saturated rings. The molecule has 110 valence electrons. The summed E-state index contributed by atoms with van der Waals surface area (Å²) in [5, 5.41) is 27.4. The molecule has 0 amide bonds. The Balaban J connectivity index is 1.79. The standard InChI is InChI=1S/C15H21NO4/c17-13-3-1-12(9-14(13)18)10-16-7-5-11(6-8-16)2-4-15(19)20/h1,3,9,11,17-18H,2,4-8,10H2,(H,19,20). The van der Waals surface area contributed by atoms with Gasteiger partial charge in [0.25, 0.3) is 0 Å². The van der Waals surface area contributed by atoms with E-state index in [0.717, 1.165) is 44.5 Å².